The topological polar surface area (TPSA) is 44.3 Å². The van der Waals surface area contributed by atoms with Crippen LogP contribution in [0, 0.1) is 0 Å². The average molecular weight is 292 g/mol. The van der Waals surface area contributed by atoms with E-state index in [1.165, 1.54) is 0 Å². The Morgan fingerprint density at radius 3 is 2.67 bits per heavy atom. The van der Waals surface area contributed by atoms with Gasteiger partial charge in [-0.15, -0.1) is 11.6 Å². The van der Waals surface area contributed by atoms with Gasteiger partial charge in [-0.1, -0.05) is 34.1 Å². The van der Waals surface area contributed by atoms with Gasteiger partial charge in [-0.25, -0.2) is 5.43 Å². The maximum absolute atomic E-state index is 9.07. The van der Waals surface area contributed by atoms with Crippen LogP contribution in [-0.4, -0.2) is 23.1 Å². The summed E-state index contributed by atoms with van der Waals surface area (Å²) in [5.41, 5.74) is 7.17. The molecule has 1 heterocycles. The van der Waals surface area contributed by atoms with Gasteiger partial charge >= 0.3 is 0 Å². The van der Waals surface area contributed by atoms with Gasteiger partial charge in [0.1, 0.15) is 0 Å². The van der Waals surface area contributed by atoms with Crippen molar-refractivity contribution in [3.05, 3.63) is 34.3 Å². The SMILES string of the molecule is OCC1NNC(c2ccccc2Br)C1Cl. The third-order valence-corrected chi connectivity index (χ3v) is 3.84. The van der Waals surface area contributed by atoms with Gasteiger partial charge in [-0.3, -0.25) is 5.43 Å². The summed E-state index contributed by atoms with van der Waals surface area (Å²) in [6.07, 6.45) is 0. The van der Waals surface area contributed by atoms with Crippen LogP contribution >= 0.6 is 27.5 Å². The minimum atomic E-state index is -0.159. The molecule has 1 aliphatic heterocycles. The molecule has 0 spiro atoms. The molecule has 3 N–H and O–H groups in total. The Balaban J connectivity index is 2.22. The van der Waals surface area contributed by atoms with Gasteiger partial charge < -0.3 is 5.11 Å². The predicted molar refractivity (Wildman–Crippen MR) is 63.7 cm³/mol. The number of benzene rings is 1. The fraction of sp³-hybridized carbons (Fsp3) is 0.400. The van der Waals surface area contributed by atoms with E-state index in [1.54, 1.807) is 0 Å². The third-order valence-electron chi connectivity index (χ3n) is 2.56. The summed E-state index contributed by atoms with van der Waals surface area (Å²) in [5.74, 6) is 0. The summed E-state index contributed by atoms with van der Waals surface area (Å²) < 4.78 is 1.02. The van der Waals surface area contributed by atoms with Crippen LogP contribution in [0.4, 0.5) is 0 Å². The first-order chi connectivity index (χ1) is 7.24. The van der Waals surface area contributed by atoms with Gasteiger partial charge in [0.05, 0.1) is 24.1 Å². The third kappa shape index (κ3) is 2.19. The van der Waals surface area contributed by atoms with Crippen LogP contribution in [0.25, 0.3) is 0 Å². The molecule has 0 aliphatic carbocycles. The van der Waals surface area contributed by atoms with Gasteiger partial charge in [0.15, 0.2) is 0 Å². The van der Waals surface area contributed by atoms with E-state index < -0.39 is 0 Å². The summed E-state index contributed by atoms with van der Waals surface area (Å²) in [7, 11) is 0. The second kappa shape index (κ2) is 4.80. The van der Waals surface area contributed by atoms with Crippen molar-refractivity contribution in [2.24, 2.45) is 0 Å². The first-order valence-electron chi connectivity index (χ1n) is 4.74. The van der Waals surface area contributed by atoms with Crippen LogP contribution < -0.4 is 10.9 Å². The average Bonchev–Trinajstić information content (AvgIpc) is 2.60. The fourth-order valence-electron chi connectivity index (χ4n) is 1.71. The highest BCUT2D eigenvalue weighted by Gasteiger charge is 2.35. The number of hydrogen-bond donors (Lipinski definition) is 3. The van der Waals surface area contributed by atoms with Gasteiger partial charge in [-0.2, -0.15) is 0 Å². The Morgan fingerprint density at radius 2 is 2.07 bits per heavy atom. The molecule has 0 aromatic heterocycles. The highest BCUT2D eigenvalue weighted by atomic mass is 79.9. The Morgan fingerprint density at radius 1 is 1.33 bits per heavy atom. The lowest BCUT2D eigenvalue weighted by Crippen LogP contribution is -2.34. The lowest BCUT2D eigenvalue weighted by molar-refractivity contribution is 0.252. The molecule has 3 unspecified atom stereocenters. The molecular weight excluding hydrogens is 279 g/mol. The van der Waals surface area contributed by atoms with E-state index in [2.05, 4.69) is 26.8 Å². The summed E-state index contributed by atoms with van der Waals surface area (Å²) in [5, 5.41) is 8.91. The second-order valence-electron chi connectivity index (χ2n) is 3.52. The standard InChI is InChI=1S/C10H12BrClN2O/c11-7-4-2-1-3-6(7)10-9(12)8(5-15)13-14-10/h1-4,8-10,13-15H,5H2. The van der Waals surface area contributed by atoms with E-state index in [9.17, 15) is 0 Å². The summed E-state index contributed by atoms with van der Waals surface area (Å²) >= 11 is 9.73. The quantitative estimate of drug-likeness (QED) is 0.725. The molecule has 0 bridgehead atoms. The first kappa shape index (κ1) is 11.4. The Bertz CT molecular complexity index is 350. The Labute approximate surface area is 102 Å². The Kier molecular flexibility index (Phi) is 3.64. The first-order valence-corrected chi connectivity index (χ1v) is 5.97. The lowest BCUT2D eigenvalue weighted by Gasteiger charge is -2.16. The van der Waals surface area contributed by atoms with E-state index in [0.717, 1.165) is 10.0 Å². The normalized spacial score (nSPS) is 30.7. The molecule has 3 atom stereocenters. The van der Waals surface area contributed by atoms with Crippen molar-refractivity contribution in [3.8, 4) is 0 Å². The number of hydrogen-bond acceptors (Lipinski definition) is 3. The van der Waals surface area contributed by atoms with Crippen molar-refractivity contribution in [1.29, 1.82) is 0 Å². The van der Waals surface area contributed by atoms with Crippen molar-refractivity contribution >= 4 is 27.5 Å². The van der Waals surface area contributed by atoms with Crippen LogP contribution in [0.2, 0.25) is 0 Å². The summed E-state index contributed by atoms with van der Waals surface area (Å²) in [6, 6.07) is 7.83. The predicted octanol–water partition coefficient (Wildman–Crippen LogP) is 1.57. The van der Waals surface area contributed by atoms with Crippen molar-refractivity contribution in [3.63, 3.8) is 0 Å². The molecule has 0 radical (unpaired) electrons. The largest absolute Gasteiger partial charge is 0.395 e. The molecule has 1 fully saturated rings. The molecule has 1 saturated heterocycles. The monoisotopic (exact) mass is 290 g/mol. The molecule has 0 amide bonds. The highest BCUT2D eigenvalue weighted by molar-refractivity contribution is 9.10. The fourth-order valence-corrected chi connectivity index (χ4v) is 2.58. The van der Waals surface area contributed by atoms with E-state index in [1.807, 2.05) is 24.3 Å². The maximum Gasteiger partial charge on any atom is 0.0733 e. The number of hydrazine groups is 1. The van der Waals surface area contributed by atoms with Crippen molar-refractivity contribution in [1.82, 2.24) is 10.9 Å². The number of alkyl halides is 1. The number of rotatable bonds is 2. The number of nitrogens with one attached hydrogen (secondary N) is 2. The van der Waals surface area contributed by atoms with Crippen molar-refractivity contribution in [2.75, 3.05) is 6.61 Å². The zero-order valence-electron chi connectivity index (χ0n) is 7.95. The van der Waals surface area contributed by atoms with Gasteiger partial charge in [0, 0.05) is 4.47 Å². The maximum atomic E-state index is 9.07. The van der Waals surface area contributed by atoms with Gasteiger partial charge in [0.25, 0.3) is 0 Å². The molecule has 1 aromatic carbocycles. The number of aliphatic hydroxyl groups is 1. The van der Waals surface area contributed by atoms with Gasteiger partial charge in [0.2, 0.25) is 0 Å². The molecule has 5 heteroatoms. The van der Waals surface area contributed by atoms with Crippen molar-refractivity contribution < 1.29 is 5.11 Å². The lowest BCUT2D eigenvalue weighted by atomic mass is 10.0. The van der Waals surface area contributed by atoms with E-state index >= 15 is 0 Å². The molecular formula is C10H12BrClN2O. The number of aliphatic hydroxyl groups excluding tert-OH is 1. The zero-order chi connectivity index (χ0) is 10.8. The van der Waals surface area contributed by atoms with Gasteiger partial charge in [-0.05, 0) is 11.6 Å². The minimum absolute atomic E-state index is 0.0133. The molecule has 0 saturated carbocycles. The zero-order valence-corrected chi connectivity index (χ0v) is 10.3. The molecule has 1 aliphatic rings. The molecule has 15 heavy (non-hydrogen) atoms. The van der Waals surface area contributed by atoms with Crippen LogP contribution in [0.5, 0.6) is 0 Å². The smallest absolute Gasteiger partial charge is 0.0733 e. The second-order valence-corrected chi connectivity index (χ2v) is 4.88. The van der Waals surface area contributed by atoms with Crippen LogP contribution in [0.1, 0.15) is 11.6 Å². The summed E-state index contributed by atoms with van der Waals surface area (Å²) in [4.78, 5) is 0. The van der Waals surface area contributed by atoms with Crippen LogP contribution in [0.3, 0.4) is 0 Å². The molecule has 3 nitrogen and oxygen atoms in total. The molecule has 2 rings (SSSR count). The van der Waals surface area contributed by atoms with Crippen LogP contribution in [-0.2, 0) is 0 Å². The molecule has 1 aromatic rings. The van der Waals surface area contributed by atoms with E-state index in [4.69, 9.17) is 16.7 Å². The number of halogens is 2. The highest BCUT2D eigenvalue weighted by Crippen LogP contribution is 2.31. The van der Waals surface area contributed by atoms with Crippen LogP contribution in [0.15, 0.2) is 28.7 Å². The Hall–Kier alpha value is -0.130. The minimum Gasteiger partial charge on any atom is -0.395 e. The molecule has 82 valence electrons. The van der Waals surface area contributed by atoms with E-state index in [-0.39, 0.29) is 24.1 Å². The van der Waals surface area contributed by atoms with E-state index in [0.29, 0.717) is 0 Å². The summed E-state index contributed by atoms with van der Waals surface area (Å²) in [6.45, 7) is 0.0299. The van der Waals surface area contributed by atoms with Crippen molar-refractivity contribution in [2.45, 2.75) is 17.5 Å².